The van der Waals surface area contributed by atoms with Crippen LogP contribution in [0.4, 0.5) is 5.95 Å². The van der Waals surface area contributed by atoms with E-state index in [4.69, 9.17) is 9.15 Å². The molecule has 19 heavy (non-hydrogen) atoms. The van der Waals surface area contributed by atoms with Gasteiger partial charge in [0.25, 0.3) is 0 Å². The van der Waals surface area contributed by atoms with Crippen LogP contribution in [-0.4, -0.2) is 16.1 Å². The molecular weight excluding hydrogens is 242 g/mol. The van der Waals surface area contributed by atoms with Crippen molar-refractivity contribution in [3.63, 3.8) is 0 Å². The average molecular weight is 261 g/mol. The van der Waals surface area contributed by atoms with E-state index in [0.29, 0.717) is 18.4 Å². The van der Waals surface area contributed by atoms with Gasteiger partial charge < -0.3 is 14.5 Å². The summed E-state index contributed by atoms with van der Waals surface area (Å²) in [6.45, 7) is 8.32. The van der Waals surface area contributed by atoms with Crippen molar-refractivity contribution in [3.8, 4) is 5.88 Å². The highest BCUT2D eigenvalue weighted by atomic mass is 16.5. The highest BCUT2D eigenvalue weighted by Gasteiger charge is 2.06. The van der Waals surface area contributed by atoms with Crippen molar-refractivity contribution in [2.75, 3.05) is 5.32 Å². The first-order chi connectivity index (χ1) is 9.02. The van der Waals surface area contributed by atoms with Gasteiger partial charge in [-0.05, 0) is 39.8 Å². The number of nitrogens with zero attached hydrogens (tertiary/aromatic N) is 2. The van der Waals surface area contributed by atoms with Gasteiger partial charge in [-0.25, -0.2) is 4.98 Å². The quantitative estimate of drug-likeness (QED) is 0.896. The smallest absolute Gasteiger partial charge is 0.226 e. The predicted molar refractivity (Wildman–Crippen MR) is 73.3 cm³/mol. The SMILES string of the molecule is Cc1cc(OC(C)C)nc(NCc2ccc(C)o2)n1. The monoisotopic (exact) mass is 261 g/mol. The fourth-order valence-corrected chi connectivity index (χ4v) is 1.67. The third-order valence-electron chi connectivity index (χ3n) is 2.40. The molecule has 0 aromatic carbocycles. The van der Waals surface area contributed by atoms with Crippen LogP contribution in [0.5, 0.6) is 5.88 Å². The standard InChI is InChI=1S/C14H19N3O2/c1-9(2)18-13-7-10(3)16-14(17-13)15-8-12-6-5-11(4)19-12/h5-7,9H,8H2,1-4H3,(H,15,16,17). The first-order valence-corrected chi connectivity index (χ1v) is 6.34. The summed E-state index contributed by atoms with van der Waals surface area (Å²) in [4.78, 5) is 8.63. The Morgan fingerprint density at radius 3 is 2.68 bits per heavy atom. The molecule has 5 nitrogen and oxygen atoms in total. The van der Waals surface area contributed by atoms with E-state index in [1.807, 2.05) is 45.9 Å². The largest absolute Gasteiger partial charge is 0.475 e. The molecule has 0 aliphatic heterocycles. The number of hydrogen-bond acceptors (Lipinski definition) is 5. The van der Waals surface area contributed by atoms with Crippen LogP contribution in [-0.2, 0) is 6.54 Å². The molecule has 2 rings (SSSR count). The minimum Gasteiger partial charge on any atom is -0.475 e. The second kappa shape index (κ2) is 5.73. The van der Waals surface area contributed by atoms with Gasteiger partial charge in [-0.15, -0.1) is 0 Å². The molecule has 102 valence electrons. The van der Waals surface area contributed by atoms with Crippen molar-refractivity contribution in [3.05, 3.63) is 35.4 Å². The summed E-state index contributed by atoms with van der Waals surface area (Å²) in [5, 5.41) is 3.13. The molecule has 0 bridgehead atoms. The van der Waals surface area contributed by atoms with E-state index >= 15 is 0 Å². The van der Waals surface area contributed by atoms with E-state index in [0.717, 1.165) is 17.2 Å². The fourth-order valence-electron chi connectivity index (χ4n) is 1.67. The summed E-state index contributed by atoms with van der Waals surface area (Å²) in [5.41, 5.74) is 0.865. The minimum absolute atomic E-state index is 0.0925. The third kappa shape index (κ3) is 3.98. The Balaban J connectivity index is 2.05. The molecule has 2 heterocycles. The Bertz CT molecular complexity index is 549. The molecule has 0 saturated carbocycles. The van der Waals surface area contributed by atoms with Crippen LogP contribution in [0.15, 0.2) is 22.6 Å². The minimum atomic E-state index is 0.0925. The van der Waals surface area contributed by atoms with Gasteiger partial charge in [0.2, 0.25) is 11.8 Å². The maximum absolute atomic E-state index is 5.58. The molecule has 2 aromatic rings. The summed E-state index contributed by atoms with van der Waals surface area (Å²) in [7, 11) is 0. The number of furan rings is 1. The predicted octanol–water partition coefficient (Wildman–Crippen LogP) is 3.09. The van der Waals surface area contributed by atoms with E-state index in [9.17, 15) is 0 Å². The number of hydrogen-bond donors (Lipinski definition) is 1. The Morgan fingerprint density at radius 2 is 2.05 bits per heavy atom. The molecule has 0 unspecified atom stereocenters. The van der Waals surface area contributed by atoms with Crippen LogP contribution < -0.4 is 10.1 Å². The van der Waals surface area contributed by atoms with Crippen molar-refractivity contribution >= 4 is 5.95 Å². The second-order valence-electron chi connectivity index (χ2n) is 4.70. The Kier molecular flexibility index (Phi) is 4.04. The van der Waals surface area contributed by atoms with E-state index in [-0.39, 0.29) is 6.10 Å². The molecule has 0 amide bonds. The number of rotatable bonds is 5. The van der Waals surface area contributed by atoms with Gasteiger partial charge in [-0.2, -0.15) is 4.98 Å². The summed E-state index contributed by atoms with van der Waals surface area (Å²) >= 11 is 0. The zero-order valence-electron chi connectivity index (χ0n) is 11.7. The van der Waals surface area contributed by atoms with Crippen molar-refractivity contribution in [2.45, 2.75) is 40.3 Å². The highest BCUT2D eigenvalue weighted by molar-refractivity contribution is 5.31. The lowest BCUT2D eigenvalue weighted by molar-refractivity contribution is 0.232. The van der Waals surface area contributed by atoms with Gasteiger partial charge in [0.05, 0.1) is 12.6 Å². The van der Waals surface area contributed by atoms with Gasteiger partial charge in [0.15, 0.2) is 0 Å². The lowest BCUT2D eigenvalue weighted by Gasteiger charge is -2.11. The zero-order valence-corrected chi connectivity index (χ0v) is 11.7. The first kappa shape index (κ1) is 13.4. The van der Waals surface area contributed by atoms with Crippen LogP contribution in [0, 0.1) is 13.8 Å². The summed E-state index contributed by atoms with van der Waals surface area (Å²) in [6, 6.07) is 5.69. The van der Waals surface area contributed by atoms with E-state index in [1.54, 1.807) is 0 Å². The zero-order chi connectivity index (χ0) is 13.8. The van der Waals surface area contributed by atoms with Gasteiger partial charge >= 0.3 is 0 Å². The van der Waals surface area contributed by atoms with Gasteiger partial charge in [-0.3, -0.25) is 0 Å². The molecule has 0 fully saturated rings. The number of aromatic nitrogens is 2. The van der Waals surface area contributed by atoms with Crippen molar-refractivity contribution < 1.29 is 9.15 Å². The number of ether oxygens (including phenoxy) is 1. The number of aryl methyl sites for hydroxylation is 2. The van der Waals surface area contributed by atoms with E-state index in [1.165, 1.54) is 0 Å². The van der Waals surface area contributed by atoms with Crippen molar-refractivity contribution in [1.29, 1.82) is 0 Å². The summed E-state index contributed by atoms with van der Waals surface area (Å²) in [6.07, 6.45) is 0.0925. The molecule has 0 aliphatic rings. The summed E-state index contributed by atoms with van der Waals surface area (Å²) < 4.78 is 11.1. The maximum atomic E-state index is 5.58. The van der Waals surface area contributed by atoms with Crippen LogP contribution in [0.25, 0.3) is 0 Å². The average Bonchev–Trinajstić information content (AvgIpc) is 2.71. The second-order valence-corrected chi connectivity index (χ2v) is 4.70. The van der Waals surface area contributed by atoms with Gasteiger partial charge in [0, 0.05) is 11.8 Å². The third-order valence-corrected chi connectivity index (χ3v) is 2.40. The van der Waals surface area contributed by atoms with E-state index in [2.05, 4.69) is 15.3 Å². The fraction of sp³-hybridized carbons (Fsp3) is 0.429. The van der Waals surface area contributed by atoms with Gasteiger partial charge in [0.1, 0.15) is 11.5 Å². The Hall–Kier alpha value is -2.04. The molecular formula is C14H19N3O2. The molecule has 0 radical (unpaired) electrons. The van der Waals surface area contributed by atoms with Crippen molar-refractivity contribution in [2.24, 2.45) is 0 Å². The van der Waals surface area contributed by atoms with Crippen molar-refractivity contribution in [1.82, 2.24) is 9.97 Å². The lowest BCUT2D eigenvalue weighted by atomic mass is 10.4. The molecule has 0 atom stereocenters. The molecule has 1 N–H and O–H groups in total. The van der Waals surface area contributed by atoms with E-state index < -0.39 is 0 Å². The molecule has 0 saturated heterocycles. The Morgan fingerprint density at radius 1 is 1.26 bits per heavy atom. The molecule has 5 heteroatoms. The molecule has 0 spiro atoms. The van der Waals surface area contributed by atoms with Gasteiger partial charge in [-0.1, -0.05) is 0 Å². The molecule has 2 aromatic heterocycles. The highest BCUT2D eigenvalue weighted by Crippen LogP contribution is 2.14. The van der Waals surface area contributed by atoms with Crippen LogP contribution >= 0.6 is 0 Å². The topological polar surface area (TPSA) is 60.2 Å². The molecule has 0 aliphatic carbocycles. The Labute approximate surface area is 113 Å². The van der Waals surface area contributed by atoms with Crippen LogP contribution in [0.1, 0.15) is 31.1 Å². The first-order valence-electron chi connectivity index (χ1n) is 6.34. The number of anilines is 1. The maximum Gasteiger partial charge on any atom is 0.226 e. The van der Waals surface area contributed by atoms with Crippen LogP contribution in [0.3, 0.4) is 0 Å². The van der Waals surface area contributed by atoms with Crippen LogP contribution in [0.2, 0.25) is 0 Å². The summed E-state index contributed by atoms with van der Waals surface area (Å²) in [5.74, 6) is 2.88. The normalized spacial score (nSPS) is 10.8. The lowest BCUT2D eigenvalue weighted by Crippen LogP contribution is -2.10. The number of nitrogens with one attached hydrogen (secondary N) is 1.